The summed E-state index contributed by atoms with van der Waals surface area (Å²) >= 11 is 6.08. The number of carbonyl (C=O) groups excluding carboxylic acids is 1. The summed E-state index contributed by atoms with van der Waals surface area (Å²) in [5, 5.41) is 12.4. The van der Waals surface area contributed by atoms with Crippen LogP contribution in [-0.2, 0) is 0 Å². The Morgan fingerprint density at radius 2 is 2.04 bits per heavy atom. The number of aromatic amines is 1. The van der Waals surface area contributed by atoms with Crippen LogP contribution in [0.5, 0.6) is 0 Å². The van der Waals surface area contributed by atoms with Crippen LogP contribution in [0.4, 0.5) is 10.5 Å². The molecule has 2 fully saturated rings. The van der Waals surface area contributed by atoms with Crippen LogP contribution >= 0.6 is 11.6 Å². The number of anilines is 1. The third kappa shape index (κ3) is 3.83. The average molecular weight is 354 g/mol. The van der Waals surface area contributed by atoms with Crippen LogP contribution in [0.15, 0.2) is 11.0 Å². The van der Waals surface area contributed by atoms with E-state index in [1.807, 2.05) is 4.90 Å². The van der Waals surface area contributed by atoms with Gasteiger partial charge in [-0.15, -0.1) is 0 Å². The second kappa shape index (κ2) is 7.42. The zero-order chi connectivity index (χ0) is 17.1. The van der Waals surface area contributed by atoms with Crippen molar-refractivity contribution < 1.29 is 4.79 Å². The molecule has 132 valence electrons. The lowest BCUT2D eigenvalue weighted by Gasteiger charge is -2.25. The van der Waals surface area contributed by atoms with Gasteiger partial charge in [-0.2, -0.15) is 5.10 Å². The second-order valence-corrected chi connectivity index (χ2v) is 7.22. The van der Waals surface area contributed by atoms with E-state index in [2.05, 4.69) is 27.8 Å². The highest BCUT2D eigenvalue weighted by molar-refractivity contribution is 6.33. The zero-order valence-electron chi connectivity index (χ0n) is 13.8. The van der Waals surface area contributed by atoms with Gasteiger partial charge in [0.15, 0.2) is 0 Å². The monoisotopic (exact) mass is 353 g/mol. The summed E-state index contributed by atoms with van der Waals surface area (Å²) in [6, 6.07) is 0.206. The van der Waals surface area contributed by atoms with Gasteiger partial charge in [0.2, 0.25) is 0 Å². The Morgan fingerprint density at radius 3 is 2.79 bits per heavy atom. The molecule has 1 aromatic heterocycles. The molecule has 0 bridgehead atoms. The standard InChI is InChI=1S/C16H24ClN5O2/c1-10-8-22(13-7-18-21-15(23)14(13)17)9-12(10)20-16(24)19-11-5-3-2-4-6-11/h7,10-12H,2-6,8-9H2,1H3,(H,21,23)(H2,19,20,24)/t10-,12-/m0/s1. The molecule has 0 spiro atoms. The predicted molar refractivity (Wildman–Crippen MR) is 93.6 cm³/mol. The number of rotatable bonds is 3. The van der Waals surface area contributed by atoms with Crippen molar-refractivity contribution in [3.8, 4) is 0 Å². The summed E-state index contributed by atoms with van der Waals surface area (Å²) in [6.45, 7) is 3.42. The van der Waals surface area contributed by atoms with E-state index in [1.165, 1.54) is 19.3 Å². The highest BCUT2D eigenvalue weighted by Crippen LogP contribution is 2.27. The number of nitrogens with one attached hydrogen (secondary N) is 3. The molecule has 1 aliphatic heterocycles. The summed E-state index contributed by atoms with van der Waals surface area (Å²) in [5.74, 6) is 0.262. The maximum atomic E-state index is 12.2. The van der Waals surface area contributed by atoms with Crippen molar-refractivity contribution >= 4 is 23.3 Å². The molecule has 1 aliphatic carbocycles. The third-order valence-corrected chi connectivity index (χ3v) is 5.35. The number of amides is 2. The molecule has 1 saturated carbocycles. The van der Waals surface area contributed by atoms with Gasteiger partial charge in [-0.25, -0.2) is 9.89 Å². The Hall–Kier alpha value is -1.76. The molecule has 7 nitrogen and oxygen atoms in total. The molecular weight excluding hydrogens is 330 g/mol. The number of urea groups is 1. The van der Waals surface area contributed by atoms with Gasteiger partial charge in [-0.3, -0.25) is 4.79 Å². The third-order valence-electron chi connectivity index (χ3n) is 4.99. The van der Waals surface area contributed by atoms with Gasteiger partial charge in [0.25, 0.3) is 5.56 Å². The minimum Gasteiger partial charge on any atom is -0.366 e. The van der Waals surface area contributed by atoms with Gasteiger partial charge in [0, 0.05) is 19.1 Å². The average Bonchev–Trinajstić information content (AvgIpc) is 2.91. The molecule has 1 saturated heterocycles. The molecule has 3 N–H and O–H groups in total. The minimum absolute atomic E-state index is 0.0175. The molecule has 1 aromatic rings. The zero-order valence-corrected chi connectivity index (χ0v) is 14.6. The van der Waals surface area contributed by atoms with E-state index in [0.717, 1.165) is 19.4 Å². The summed E-state index contributed by atoms with van der Waals surface area (Å²) < 4.78 is 0. The molecule has 24 heavy (non-hydrogen) atoms. The van der Waals surface area contributed by atoms with Gasteiger partial charge in [-0.1, -0.05) is 37.8 Å². The van der Waals surface area contributed by atoms with Crippen LogP contribution in [0.2, 0.25) is 5.02 Å². The van der Waals surface area contributed by atoms with Crippen molar-refractivity contribution in [2.45, 2.75) is 51.1 Å². The number of hydrogen-bond donors (Lipinski definition) is 3. The molecule has 0 aromatic carbocycles. The maximum Gasteiger partial charge on any atom is 0.315 e. The molecular formula is C16H24ClN5O2. The Morgan fingerprint density at radius 1 is 1.29 bits per heavy atom. The topological polar surface area (TPSA) is 90.1 Å². The number of hydrogen-bond acceptors (Lipinski definition) is 4. The second-order valence-electron chi connectivity index (χ2n) is 6.84. The van der Waals surface area contributed by atoms with Gasteiger partial charge in [-0.05, 0) is 18.8 Å². The highest BCUT2D eigenvalue weighted by Gasteiger charge is 2.32. The van der Waals surface area contributed by atoms with Crippen LogP contribution < -0.4 is 21.1 Å². The number of H-pyrrole nitrogens is 1. The van der Waals surface area contributed by atoms with E-state index in [-0.39, 0.29) is 29.1 Å². The van der Waals surface area contributed by atoms with E-state index < -0.39 is 5.56 Å². The number of carbonyl (C=O) groups is 1. The number of nitrogens with zero attached hydrogens (tertiary/aromatic N) is 2. The molecule has 2 amide bonds. The predicted octanol–water partition coefficient (Wildman–Crippen LogP) is 1.88. The van der Waals surface area contributed by atoms with Crippen molar-refractivity contribution in [1.82, 2.24) is 20.8 Å². The Labute approximate surface area is 146 Å². The summed E-state index contributed by atoms with van der Waals surface area (Å²) in [7, 11) is 0. The molecule has 2 aliphatic rings. The van der Waals surface area contributed by atoms with Crippen LogP contribution in [0.25, 0.3) is 0 Å². The molecule has 2 atom stereocenters. The number of aromatic nitrogens is 2. The SMILES string of the molecule is C[C@H]1CN(c2cn[nH]c(=O)c2Cl)C[C@@H]1NC(=O)NC1CCCCC1. The van der Waals surface area contributed by atoms with Crippen molar-refractivity contribution in [3.63, 3.8) is 0 Å². The minimum atomic E-state index is -0.395. The molecule has 2 heterocycles. The first-order valence-corrected chi connectivity index (χ1v) is 8.97. The fourth-order valence-corrected chi connectivity index (χ4v) is 3.80. The van der Waals surface area contributed by atoms with Crippen LogP contribution in [0, 0.1) is 5.92 Å². The molecule has 0 radical (unpaired) electrons. The molecule has 8 heteroatoms. The van der Waals surface area contributed by atoms with Gasteiger partial charge in [0.05, 0.1) is 17.9 Å². The fraction of sp³-hybridized carbons (Fsp3) is 0.688. The van der Waals surface area contributed by atoms with Crippen LogP contribution in [-0.4, -0.2) is 41.4 Å². The van der Waals surface area contributed by atoms with Gasteiger partial charge >= 0.3 is 6.03 Å². The smallest absolute Gasteiger partial charge is 0.315 e. The lowest BCUT2D eigenvalue weighted by molar-refractivity contribution is 0.227. The quantitative estimate of drug-likeness (QED) is 0.774. The summed E-state index contributed by atoms with van der Waals surface area (Å²) in [5.41, 5.74) is 0.220. The van der Waals surface area contributed by atoms with Crippen molar-refractivity contribution in [2.75, 3.05) is 18.0 Å². The fourth-order valence-electron chi connectivity index (χ4n) is 3.59. The largest absolute Gasteiger partial charge is 0.366 e. The lowest BCUT2D eigenvalue weighted by Crippen LogP contribution is -2.49. The van der Waals surface area contributed by atoms with E-state index in [9.17, 15) is 9.59 Å². The van der Waals surface area contributed by atoms with E-state index in [4.69, 9.17) is 11.6 Å². The normalized spacial score (nSPS) is 24.8. The first-order chi connectivity index (χ1) is 11.5. The van der Waals surface area contributed by atoms with E-state index in [1.54, 1.807) is 6.20 Å². The van der Waals surface area contributed by atoms with E-state index in [0.29, 0.717) is 12.2 Å². The van der Waals surface area contributed by atoms with Crippen molar-refractivity contribution in [3.05, 3.63) is 21.6 Å². The van der Waals surface area contributed by atoms with Crippen molar-refractivity contribution in [2.24, 2.45) is 5.92 Å². The van der Waals surface area contributed by atoms with Crippen LogP contribution in [0.3, 0.4) is 0 Å². The lowest BCUT2D eigenvalue weighted by atomic mass is 9.96. The first kappa shape index (κ1) is 17.1. The van der Waals surface area contributed by atoms with E-state index >= 15 is 0 Å². The maximum absolute atomic E-state index is 12.2. The Kier molecular flexibility index (Phi) is 5.28. The summed E-state index contributed by atoms with van der Waals surface area (Å²) in [4.78, 5) is 25.8. The summed E-state index contributed by atoms with van der Waals surface area (Å²) in [6.07, 6.45) is 7.32. The Bertz CT molecular complexity index is 644. The van der Waals surface area contributed by atoms with Crippen molar-refractivity contribution in [1.29, 1.82) is 0 Å². The van der Waals surface area contributed by atoms with Crippen LogP contribution in [0.1, 0.15) is 39.0 Å². The first-order valence-electron chi connectivity index (χ1n) is 8.59. The number of halogens is 1. The van der Waals surface area contributed by atoms with Gasteiger partial charge in [0.1, 0.15) is 5.02 Å². The van der Waals surface area contributed by atoms with Gasteiger partial charge < -0.3 is 15.5 Å². The molecule has 0 unspecified atom stereocenters. The highest BCUT2D eigenvalue weighted by atomic mass is 35.5. The molecule has 3 rings (SSSR count). The Balaban J connectivity index is 1.58.